The number of fused-ring (bicyclic) bond motifs is 1. The van der Waals surface area contributed by atoms with E-state index in [-0.39, 0.29) is 12.5 Å². The molecule has 0 aliphatic carbocycles. The molecule has 27 heavy (non-hydrogen) atoms. The van der Waals surface area contributed by atoms with Crippen molar-refractivity contribution in [3.05, 3.63) is 70.9 Å². The van der Waals surface area contributed by atoms with E-state index in [4.69, 9.17) is 0 Å². The first-order valence-electron chi connectivity index (χ1n) is 8.80. The molecular formula is C21H22N4O2. The summed E-state index contributed by atoms with van der Waals surface area (Å²) >= 11 is 0. The Kier molecular flexibility index (Phi) is 5.76. The standard InChI is InChI=1S/C21H22N4O2/c1-14-7-9-16(10-8-14)21(27)25-17(13-26)11-22-23-12-19-15(2)24-20-6-4-3-5-18(19)20/h3-10,13,17,24H,11-12H2,1-2H3,(H,25,27). The molecule has 6 heteroatoms. The van der Waals surface area contributed by atoms with E-state index in [1.807, 2.05) is 50.2 Å². The summed E-state index contributed by atoms with van der Waals surface area (Å²) in [6, 6.07) is 14.5. The van der Waals surface area contributed by atoms with Crippen LogP contribution in [-0.2, 0) is 11.3 Å². The van der Waals surface area contributed by atoms with Gasteiger partial charge in [0.1, 0.15) is 12.3 Å². The third-order valence-electron chi connectivity index (χ3n) is 4.43. The van der Waals surface area contributed by atoms with Crippen LogP contribution in [0.15, 0.2) is 58.8 Å². The quantitative estimate of drug-likeness (QED) is 0.495. The molecule has 1 amide bonds. The molecule has 0 aliphatic heterocycles. The highest BCUT2D eigenvalue weighted by molar-refractivity contribution is 5.95. The number of rotatable bonds is 7. The van der Waals surface area contributed by atoms with Gasteiger partial charge in [-0.15, -0.1) is 0 Å². The lowest BCUT2D eigenvalue weighted by Crippen LogP contribution is -2.38. The van der Waals surface area contributed by atoms with E-state index in [1.165, 1.54) is 0 Å². The van der Waals surface area contributed by atoms with E-state index < -0.39 is 6.04 Å². The van der Waals surface area contributed by atoms with Gasteiger partial charge in [-0.25, -0.2) is 0 Å². The van der Waals surface area contributed by atoms with E-state index in [9.17, 15) is 9.59 Å². The maximum absolute atomic E-state index is 12.2. The minimum absolute atomic E-state index is 0.114. The zero-order valence-corrected chi connectivity index (χ0v) is 15.4. The first-order valence-corrected chi connectivity index (χ1v) is 8.80. The van der Waals surface area contributed by atoms with Gasteiger partial charge < -0.3 is 15.1 Å². The van der Waals surface area contributed by atoms with Gasteiger partial charge in [-0.3, -0.25) is 4.79 Å². The number of H-pyrrole nitrogens is 1. The molecule has 3 rings (SSSR count). The number of aromatic amines is 1. The number of carbonyl (C=O) groups excluding carboxylic acids is 2. The number of hydrogen-bond acceptors (Lipinski definition) is 4. The molecule has 0 spiro atoms. The van der Waals surface area contributed by atoms with E-state index in [2.05, 4.69) is 20.5 Å². The van der Waals surface area contributed by atoms with Gasteiger partial charge in [0.2, 0.25) is 0 Å². The molecule has 3 aromatic rings. The third-order valence-corrected chi connectivity index (χ3v) is 4.43. The van der Waals surface area contributed by atoms with Gasteiger partial charge in [0.15, 0.2) is 0 Å². The summed E-state index contributed by atoms with van der Waals surface area (Å²) < 4.78 is 0. The Morgan fingerprint density at radius 1 is 1.11 bits per heavy atom. The van der Waals surface area contributed by atoms with Crippen LogP contribution in [0.5, 0.6) is 0 Å². The number of azo groups is 1. The highest BCUT2D eigenvalue weighted by Gasteiger charge is 2.13. The van der Waals surface area contributed by atoms with Crippen molar-refractivity contribution < 1.29 is 9.59 Å². The van der Waals surface area contributed by atoms with Crippen LogP contribution in [0.4, 0.5) is 0 Å². The van der Waals surface area contributed by atoms with Crippen LogP contribution in [0.3, 0.4) is 0 Å². The fourth-order valence-electron chi connectivity index (χ4n) is 2.88. The van der Waals surface area contributed by atoms with Gasteiger partial charge in [0.05, 0.1) is 13.1 Å². The fourth-order valence-corrected chi connectivity index (χ4v) is 2.88. The highest BCUT2D eigenvalue weighted by Crippen LogP contribution is 2.22. The zero-order chi connectivity index (χ0) is 19.2. The summed E-state index contributed by atoms with van der Waals surface area (Å²) in [5.41, 5.74) is 4.78. The summed E-state index contributed by atoms with van der Waals surface area (Å²) in [5.74, 6) is -0.297. The van der Waals surface area contributed by atoms with Crippen molar-refractivity contribution in [2.24, 2.45) is 10.2 Å². The van der Waals surface area contributed by atoms with Crippen molar-refractivity contribution in [2.45, 2.75) is 26.4 Å². The molecule has 2 aromatic carbocycles. The second-order valence-corrected chi connectivity index (χ2v) is 6.48. The number of nitrogens with zero attached hydrogens (tertiary/aromatic N) is 2. The molecule has 6 nitrogen and oxygen atoms in total. The van der Waals surface area contributed by atoms with Crippen molar-refractivity contribution in [2.75, 3.05) is 6.54 Å². The van der Waals surface area contributed by atoms with Gasteiger partial charge in [0.25, 0.3) is 5.91 Å². The van der Waals surface area contributed by atoms with Gasteiger partial charge in [0, 0.05) is 27.7 Å². The molecule has 2 N–H and O–H groups in total. The zero-order valence-electron chi connectivity index (χ0n) is 15.4. The van der Waals surface area contributed by atoms with Gasteiger partial charge >= 0.3 is 0 Å². The molecule has 138 valence electrons. The third kappa shape index (κ3) is 4.47. The van der Waals surface area contributed by atoms with Crippen LogP contribution >= 0.6 is 0 Å². The molecule has 0 bridgehead atoms. The number of para-hydroxylation sites is 1. The second-order valence-electron chi connectivity index (χ2n) is 6.48. The SMILES string of the molecule is Cc1ccc(C(=O)NC(C=O)CN=NCc2c(C)[nH]c3ccccc23)cc1. The molecular weight excluding hydrogens is 340 g/mol. The number of benzene rings is 2. The molecule has 1 heterocycles. The second kappa shape index (κ2) is 8.40. The Hall–Kier alpha value is -3.28. The predicted molar refractivity (Wildman–Crippen MR) is 105 cm³/mol. The Balaban J connectivity index is 1.58. The molecule has 0 saturated heterocycles. The van der Waals surface area contributed by atoms with Crippen LogP contribution in [-0.4, -0.2) is 29.8 Å². The van der Waals surface area contributed by atoms with Crippen molar-refractivity contribution in [3.8, 4) is 0 Å². The minimum atomic E-state index is -0.702. The maximum atomic E-state index is 12.2. The van der Waals surface area contributed by atoms with Gasteiger partial charge in [-0.05, 0) is 32.0 Å². The lowest BCUT2D eigenvalue weighted by molar-refractivity contribution is -0.109. The molecule has 1 unspecified atom stereocenters. The Morgan fingerprint density at radius 3 is 2.59 bits per heavy atom. The molecule has 1 aromatic heterocycles. The summed E-state index contributed by atoms with van der Waals surface area (Å²) in [4.78, 5) is 26.8. The number of amides is 1. The van der Waals surface area contributed by atoms with E-state index >= 15 is 0 Å². The number of aldehydes is 1. The number of carbonyl (C=O) groups is 2. The molecule has 0 aliphatic rings. The predicted octanol–water partition coefficient (Wildman–Crippen LogP) is 3.73. The van der Waals surface area contributed by atoms with E-state index in [1.54, 1.807) is 12.1 Å². The summed E-state index contributed by atoms with van der Waals surface area (Å²) in [7, 11) is 0. The van der Waals surface area contributed by atoms with Crippen molar-refractivity contribution in [1.29, 1.82) is 0 Å². The normalized spacial score (nSPS) is 12.4. The Bertz CT molecular complexity index is 974. The molecule has 0 radical (unpaired) electrons. The lowest BCUT2D eigenvalue weighted by atomic mass is 10.1. The maximum Gasteiger partial charge on any atom is 0.251 e. The lowest BCUT2D eigenvalue weighted by Gasteiger charge is -2.10. The summed E-state index contributed by atoms with van der Waals surface area (Å²) in [6.45, 7) is 4.49. The number of aromatic nitrogens is 1. The molecule has 0 fully saturated rings. The monoisotopic (exact) mass is 362 g/mol. The molecule has 1 atom stereocenters. The Morgan fingerprint density at radius 2 is 1.85 bits per heavy atom. The topological polar surface area (TPSA) is 86.7 Å². The number of aryl methyl sites for hydroxylation is 2. The number of hydrogen-bond donors (Lipinski definition) is 2. The van der Waals surface area contributed by atoms with Crippen LogP contribution in [0, 0.1) is 13.8 Å². The largest absolute Gasteiger partial charge is 0.358 e. The number of nitrogens with one attached hydrogen (secondary N) is 2. The first kappa shape index (κ1) is 18.5. The van der Waals surface area contributed by atoms with Crippen molar-refractivity contribution >= 4 is 23.1 Å². The average Bonchev–Trinajstić information content (AvgIpc) is 2.99. The van der Waals surface area contributed by atoms with Gasteiger partial charge in [-0.2, -0.15) is 10.2 Å². The van der Waals surface area contributed by atoms with Crippen LogP contribution in [0.1, 0.15) is 27.2 Å². The summed E-state index contributed by atoms with van der Waals surface area (Å²) in [6.07, 6.45) is 0.683. The van der Waals surface area contributed by atoms with Crippen LogP contribution < -0.4 is 5.32 Å². The van der Waals surface area contributed by atoms with E-state index in [0.29, 0.717) is 18.4 Å². The van der Waals surface area contributed by atoms with Crippen LogP contribution in [0.2, 0.25) is 0 Å². The summed E-state index contributed by atoms with van der Waals surface area (Å²) in [5, 5.41) is 12.1. The smallest absolute Gasteiger partial charge is 0.251 e. The first-order chi connectivity index (χ1) is 13.1. The Labute approximate surface area is 157 Å². The minimum Gasteiger partial charge on any atom is -0.358 e. The fraction of sp³-hybridized carbons (Fsp3) is 0.238. The van der Waals surface area contributed by atoms with Crippen molar-refractivity contribution in [3.63, 3.8) is 0 Å². The van der Waals surface area contributed by atoms with Gasteiger partial charge in [-0.1, -0.05) is 35.9 Å². The van der Waals surface area contributed by atoms with E-state index in [0.717, 1.165) is 27.7 Å². The molecule has 0 saturated carbocycles. The van der Waals surface area contributed by atoms with Crippen LogP contribution in [0.25, 0.3) is 10.9 Å². The highest BCUT2D eigenvalue weighted by atomic mass is 16.2. The average molecular weight is 362 g/mol. The van der Waals surface area contributed by atoms with Crippen molar-refractivity contribution in [1.82, 2.24) is 10.3 Å².